The smallest absolute Gasteiger partial charge is 0.191 e. The molecule has 0 aliphatic rings. The Balaban J connectivity index is 0.00000441. The van der Waals surface area contributed by atoms with E-state index < -0.39 is 0 Å². The third kappa shape index (κ3) is 10.0. The van der Waals surface area contributed by atoms with Crippen molar-refractivity contribution in [2.45, 2.75) is 65.0 Å². The molecule has 6 heteroatoms. The van der Waals surface area contributed by atoms with Crippen LogP contribution < -0.4 is 10.6 Å². The molecule has 1 rings (SSSR count). The van der Waals surface area contributed by atoms with E-state index in [1.807, 2.05) is 25.8 Å². The highest BCUT2D eigenvalue weighted by Gasteiger charge is 2.04. The van der Waals surface area contributed by atoms with Gasteiger partial charge in [-0.15, -0.1) is 24.0 Å². The summed E-state index contributed by atoms with van der Waals surface area (Å²) in [7, 11) is 1.83. The summed E-state index contributed by atoms with van der Waals surface area (Å²) in [6, 6.07) is 0.474. The number of unbranched alkanes of at least 4 members (excludes halogenated alkanes) is 3. The molecule has 0 amide bonds. The molecule has 128 valence electrons. The summed E-state index contributed by atoms with van der Waals surface area (Å²) in [6.07, 6.45) is 13.2. The van der Waals surface area contributed by atoms with Gasteiger partial charge in [-0.2, -0.15) is 0 Å². The van der Waals surface area contributed by atoms with Crippen LogP contribution in [0, 0.1) is 0 Å². The molecule has 0 saturated carbocycles. The third-order valence-electron chi connectivity index (χ3n) is 3.54. The lowest BCUT2D eigenvalue weighted by atomic mass is 10.1. The normalized spacial score (nSPS) is 12.6. The maximum Gasteiger partial charge on any atom is 0.191 e. The maximum atomic E-state index is 4.28. The van der Waals surface area contributed by atoms with Crippen molar-refractivity contribution in [1.29, 1.82) is 0 Å². The van der Waals surface area contributed by atoms with Crippen molar-refractivity contribution < 1.29 is 0 Å². The summed E-state index contributed by atoms with van der Waals surface area (Å²) in [6.45, 7) is 6.37. The second kappa shape index (κ2) is 13.8. The lowest BCUT2D eigenvalue weighted by Gasteiger charge is -2.18. The zero-order valence-corrected chi connectivity index (χ0v) is 16.5. The molecule has 5 nitrogen and oxygen atoms in total. The second-order valence-electron chi connectivity index (χ2n) is 5.55. The van der Waals surface area contributed by atoms with Crippen LogP contribution in [0.5, 0.6) is 0 Å². The maximum absolute atomic E-state index is 4.28. The third-order valence-corrected chi connectivity index (χ3v) is 3.54. The van der Waals surface area contributed by atoms with Crippen LogP contribution in [0.4, 0.5) is 0 Å². The summed E-state index contributed by atoms with van der Waals surface area (Å²) < 4.78 is 2.09. The minimum absolute atomic E-state index is 0. The van der Waals surface area contributed by atoms with Gasteiger partial charge in [-0.3, -0.25) is 4.99 Å². The highest BCUT2D eigenvalue weighted by atomic mass is 127. The van der Waals surface area contributed by atoms with Crippen LogP contribution in [0.3, 0.4) is 0 Å². The number of rotatable bonds is 10. The van der Waals surface area contributed by atoms with Crippen molar-refractivity contribution >= 4 is 29.9 Å². The number of nitrogens with one attached hydrogen (secondary N) is 2. The van der Waals surface area contributed by atoms with Crippen LogP contribution in [0.2, 0.25) is 0 Å². The molecular weight excluding hydrogens is 389 g/mol. The van der Waals surface area contributed by atoms with E-state index in [1.165, 1.54) is 32.1 Å². The van der Waals surface area contributed by atoms with Crippen molar-refractivity contribution in [3.05, 3.63) is 18.7 Å². The highest BCUT2D eigenvalue weighted by molar-refractivity contribution is 14.0. The quantitative estimate of drug-likeness (QED) is 0.264. The number of guanidine groups is 1. The zero-order valence-electron chi connectivity index (χ0n) is 14.2. The number of imidazole rings is 1. The average molecular weight is 421 g/mol. The van der Waals surface area contributed by atoms with Gasteiger partial charge >= 0.3 is 0 Å². The van der Waals surface area contributed by atoms with Gasteiger partial charge in [-0.05, 0) is 19.8 Å². The molecule has 0 saturated heterocycles. The largest absolute Gasteiger partial charge is 0.356 e. The Hall–Kier alpha value is -0.790. The summed E-state index contributed by atoms with van der Waals surface area (Å²) in [5, 5.41) is 6.83. The molecule has 0 aliphatic heterocycles. The van der Waals surface area contributed by atoms with E-state index in [0.717, 1.165) is 25.5 Å². The molecule has 0 aromatic carbocycles. The standard InChI is InChI=1S/C16H31N5.HI/c1-4-5-6-7-9-15(2)20-16(17-3)19-10-8-12-21-13-11-18-14-21;/h11,13-15H,4-10,12H2,1-3H3,(H2,17,19,20);1H. The lowest BCUT2D eigenvalue weighted by molar-refractivity contribution is 0.534. The minimum atomic E-state index is 0. The Morgan fingerprint density at radius 1 is 1.27 bits per heavy atom. The van der Waals surface area contributed by atoms with Crippen LogP contribution in [0.15, 0.2) is 23.7 Å². The molecule has 0 spiro atoms. The SMILES string of the molecule is CCCCCCC(C)NC(=NC)NCCCn1ccnc1.I. The number of aliphatic imine (C=N–C) groups is 1. The van der Waals surface area contributed by atoms with Gasteiger partial charge in [-0.25, -0.2) is 4.98 Å². The van der Waals surface area contributed by atoms with Gasteiger partial charge in [0.2, 0.25) is 0 Å². The van der Waals surface area contributed by atoms with Crippen LogP contribution >= 0.6 is 24.0 Å². The fourth-order valence-corrected chi connectivity index (χ4v) is 2.26. The Bertz CT molecular complexity index is 378. The summed E-state index contributed by atoms with van der Waals surface area (Å²) in [5.41, 5.74) is 0. The van der Waals surface area contributed by atoms with E-state index >= 15 is 0 Å². The van der Waals surface area contributed by atoms with E-state index in [9.17, 15) is 0 Å². The first-order valence-electron chi connectivity index (χ1n) is 8.19. The molecule has 0 radical (unpaired) electrons. The Kier molecular flexibility index (Phi) is 13.3. The van der Waals surface area contributed by atoms with Crippen molar-refractivity contribution in [2.75, 3.05) is 13.6 Å². The Morgan fingerprint density at radius 2 is 2.09 bits per heavy atom. The molecule has 2 N–H and O–H groups in total. The zero-order chi connectivity index (χ0) is 15.3. The number of aromatic nitrogens is 2. The van der Waals surface area contributed by atoms with Crippen molar-refractivity contribution in [2.24, 2.45) is 4.99 Å². The fraction of sp³-hybridized carbons (Fsp3) is 0.750. The van der Waals surface area contributed by atoms with Gasteiger partial charge in [0.05, 0.1) is 6.33 Å². The van der Waals surface area contributed by atoms with E-state index in [-0.39, 0.29) is 24.0 Å². The van der Waals surface area contributed by atoms with Gasteiger partial charge in [0.25, 0.3) is 0 Å². The Labute approximate surface area is 152 Å². The van der Waals surface area contributed by atoms with Crippen LogP contribution in [-0.4, -0.2) is 35.1 Å². The van der Waals surface area contributed by atoms with Gasteiger partial charge in [-0.1, -0.05) is 32.6 Å². The van der Waals surface area contributed by atoms with Crippen LogP contribution in [0.25, 0.3) is 0 Å². The highest BCUT2D eigenvalue weighted by Crippen LogP contribution is 2.05. The molecular formula is C16H32IN5. The van der Waals surface area contributed by atoms with Gasteiger partial charge in [0.1, 0.15) is 0 Å². The monoisotopic (exact) mass is 421 g/mol. The molecule has 1 aromatic rings. The first-order valence-corrected chi connectivity index (χ1v) is 8.19. The first-order chi connectivity index (χ1) is 10.3. The number of nitrogens with zero attached hydrogens (tertiary/aromatic N) is 3. The van der Waals surface area contributed by atoms with Crippen LogP contribution in [-0.2, 0) is 6.54 Å². The van der Waals surface area contributed by atoms with Gasteiger partial charge in [0.15, 0.2) is 5.96 Å². The van der Waals surface area contributed by atoms with E-state index in [4.69, 9.17) is 0 Å². The number of hydrogen-bond acceptors (Lipinski definition) is 2. The van der Waals surface area contributed by atoms with Gasteiger partial charge < -0.3 is 15.2 Å². The lowest BCUT2D eigenvalue weighted by Crippen LogP contribution is -2.42. The predicted molar refractivity (Wildman–Crippen MR) is 105 cm³/mol. The van der Waals surface area contributed by atoms with Crippen LogP contribution in [0.1, 0.15) is 52.4 Å². The topological polar surface area (TPSA) is 54.2 Å². The predicted octanol–water partition coefficient (Wildman–Crippen LogP) is 3.42. The molecule has 1 aromatic heterocycles. The van der Waals surface area contributed by atoms with E-state index in [2.05, 4.69) is 39.0 Å². The molecule has 0 fully saturated rings. The van der Waals surface area contributed by atoms with Crippen molar-refractivity contribution in [3.63, 3.8) is 0 Å². The van der Waals surface area contributed by atoms with Crippen molar-refractivity contribution in [1.82, 2.24) is 20.2 Å². The number of hydrogen-bond donors (Lipinski definition) is 2. The van der Waals surface area contributed by atoms with Crippen molar-refractivity contribution in [3.8, 4) is 0 Å². The average Bonchev–Trinajstić information content (AvgIpc) is 3.00. The molecule has 0 aliphatic carbocycles. The molecule has 0 bridgehead atoms. The van der Waals surface area contributed by atoms with Gasteiger partial charge in [0, 0.05) is 38.6 Å². The summed E-state index contributed by atoms with van der Waals surface area (Å²) in [4.78, 5) is 8.32. The van der Waals surface area contributed by atoms with E-state index in [0.29, 0.717) is 6.04 Å². The van der Waals surface area contributed by atoms with E-state index in [1.54, 1.807) is 0 Å². The molecule has 1 atom stereocenters. The second-order valence-corrected chi connectivity index (χ2v) is 5.55. The molecule has 22 heavy (non-hydrogen) atoms. The first kappa shape index (κ1) is 21.2. The fourth-order valence-electron chi connectivity index (χ4n) is 2.26. The molecule has 1 unspecified atom stereocenters. The summed E-state index contributed by atoms with van der Waals surface area (Å²) in [5.74, 6) is 0.906. The molecule has 1 heterocycles. The number of halogens is 1. The number of aryl methyl sites for hydroxylation is 1. The minimum Gasteiger partial charge on any atom is -0.356 e. The summed E-state index contributed by atoms with van der Waals surface area (Å²) >= 11 is 0. The Morgan fingerprint density at radius 3 is 2.73 bits per heavy atom.